The largest absolute Gasteiger partial charge is 0.325 e. The molecule has 6 nitrogen and oxygen atoms in total. The van der Waals surface area contributed by atoms with Crippen molar-refractivity contribution < 1.29 is 4.79 Å². The van der Waals surface area contributed by atoms with E-state index < -0.39 is 0 Å². The minimum Gasteiger partial charge on any atom is -0.325 e. The van der Waals surface area contributed by atoms with Crippen LogP contribution in [-0.2, 0) is 18.4 Å². The Morgan fingerprint density at radius 2 is 2.04 bits per heavy atom. The Labute approximate surface area is 136 Å². The van der Waals surface area contributed by atoms with Crippen molar-refractivity contribution in [3.8, 4) is 0 Å². The van der Waals surface area contributed by atoms with Gasteiger partial charge in [-0.25, -0.2) is 4.98 Å². The van der Waals surface area contributed by atoms with Crippen molar-refractivity contribution in [3.63, 3.8) is 0 Å². The lowest BCUT2D eigenvalue weighted by Crippen LogP contribution is -2.30. The Balaban J connectivity index is 1.53. The van der Waals surface area contributed by atoms with Gasteiger partial charge in [0.05, 0.1) is 13.1 Å². The van der Waals surface area contributed by atoms with Crippen LogP contribution in [0.15, 0.2) is 24.3 Å². The van der Waals surface area contributed by atoms with E-state index in [-0.39, 0.29) is 5.91 Å². The molecule has 1 aromatic carbocycles. The van der Waals surface area contributed by atoms with Crippen LogP contribution < -0.4 is 5.32 Å². The summed E-state index contributed by atoms with van der Waals surface area (Å²) < 4.78 is 1.82. The van der Waals surface area contributed by atoms with Gasteiger partial charge in [-0.05, 0) is 38.9 Å². The zero-order valence-electron chi connectivity index (χ0n) is 13.9. The molecule has 1 fully saturated rings. The van der Waals surface area contributed by atoms with Crippen LogP contribution in [0.5, 0.6) is 0 Å². The molecule has 2 aromatic rings. The molecule has 6 heteroatoms. The van der Waals surface area contributed by atoms with Crippen LogP contribution in [0.3, 0.4) is 0 Å². The van der Waals surface area contributed by atoms with Gasteiger partial charge in [-0.1, -0.05) is 17.7 Å². The quantitative estimate of drug-likeness (QED) is 0.887. The van der Waals surface area contributed by atoms with Crippen LogP contribution in [0.2, 0.25) is 0 Å². The molecule has 0 bridgehead atoms. The summed E-state index contributed by atoms with van der Waals surface area (Å²) in [5.41, 5.74) is 2.00. The molecule has 122 valence electrons. The number of aromatic nitrogens is 3. The second-order valence-electron chi connectivity index (χ2n) is 6.37. The number of rotatable bonds is 6. The highest BCUT2D eigenvalue weighted by molar-refractivity contribution is 5.92. The zero-order valence-corrected chi connectivity index (χ0v) is 13.9. The molecule has 1 heterocycles. The molecule has 1 aromatic heterocycles. The number of nitrogens with one attached hydrogen (secondary N) is 1. The van der Waals surface area contributed by atoms with E-state index in [1.165, 1.54) is 18.4 Å². The maximum absolute atomic E-state index is 12.1. The fraction of sp³-hybridized carbons (Fsp3) is 0.471. The van der Waals surface area contributed by atoms with Gasteiger partial charge in [0, 0.05) is 18.7 Å². The lowest BCUT2D eigenvalue weighted by Gasteiger charge is -2.15. The minimum atomic E-state index is -0.0269. The number of aryl methyl sites for hydroxylation is 2. The topological polar surface area (TPSA) is 63.1 Å². The molecule has 1 aliphatic rings. The third-order valence-corrected chi connectivity index (χ3v) is 3.97. The number of likely N-dealkylation sites (N-methyl/N-ethyl adjacent to an activating group) is 1. The van der Waals surface area contributed by atoms with E-state index in [0.717, 1.165) is 17.3 Å². The highest BCUT2D eigenvalue weighted by atomic mass is 16.2. The first-order valence-electron chi connectivity index (χ1n) is 7.96. The molecule has 1 aliphatic carbocycles. The predicted molar refractivity (Wildman–Crippen MR) is 89.1 cm³/mol. The zero-order chi connectivity index (χ0) is 16.4. The fourth-order valence-corrected chi connectivity index (χ4v) is 2.47. The van der Waals surface area contributed by atoms with E-state index in [0.29, 0.717) is 19.0 Å². The summed E-state index contributed by atoms with van der Waals surface area (Å²) in [6.45, 7) is 2.95. The van der Waals surface area contributed by atoms with Gasteiger partial charge < -0.3 is 5.32 Å². The summed E-state index contributed by atoms with van der Waals surface area (Å²) in [7, 11) is 3.83. The molecular weight excluding hydrogens is 290 g/mol. The molecule has 0 aliphatic heterocycles. The second kappa shape index (κ2) is 6.50. The summed E-state index contributed by atoms with van der Waals surface area (Å²) >= 11 is 0. The first-order valence-corrected chi connectivity index (χ1v) is 7.96. The summed E-state index contributed by atoms with van der Waals surface area (Å²) in [5, 5.41) is 7.37. The van der Waals surface area contributed by atoms with Crippen LogP contribution in [0.25, 0.3) is 0 Å². The Bertz CT molecular complexity index is 688. The van der Waals surface area contributed by atoms with Crippen LogP contribution >= 0.6 is 0 Å². The van der Waals surface area contributed by atoms with Crippen molar-refractivity contribution >= 4 is 11.6 Å². The number of amides is 1. The highest BCUT2D eigenvalue weighted by Gasteiger charge is 2.28. The van der Waals surface area contributed by atoms with E-state index in [1.807, 2.05) is 54.9 Å². The summed E-state index contributed by atoms with van der Waals surface area (Å²) in [4.78, 5) is 18.7. The Kier molecular flexibility index (Phi) is 4.43. The van der Waals surface area contributed by atoms with Crippen molar-refractivity contribution in [2.24, 2.45) is 7.05 Å². The van der Waals surface area contributed by atoms with Crippen LogP contribution in [0.4, 0.5) is 5.69 Å². The first kappa shape index (κ1) is 15.7. The van der Waals surface area contributed by atoms with Crippen LogP contribution in [0, 0.1) is 6.92 Å². The van der Waals surface area contributed by atoms with E-state index >= 15 is 0 Å². The molecule has 0 atom stereocenters. The number of benzene rings is 1. The predicted octanol–water partition coefficient (Wildman–Crippen LogP) is 2.07. The summed E-state index contributed by atoms with van der Waals surface area (Å²) in [6, 6.07) is 7.80. The molecular formula is C17H23N5O. The molecule has 23 heavy (non-hydrogen) atoms. The van der Waals surface area contributed by atoms with Crippen molar-refractivity contribution in [3.05, 3.63) is 41.5 Å². The maximum atomic E-state index is 12.1. The first-order chi connectivity index (χ1) is 11.0. The standard InChI is InChI=1S/C17H23N5O/c1-12-4-8-14(9-5-12)18-16(23)11-21(2)10-15-19-17(13-6-7-13)20-22(15)3/h4-5,8-9,13H,6-7,10-11H2,1-3H3,(H,18,23). The smallest absolute Gasteiger partial charge is 0.238 e. The van der Waals surface area contributed by atoms with E-state index in [1.54, 1.807) is 0 Å². The third-order valence-electron chi connectivity index (χ3n) is 3.97. The molecule has 0 unspecified atom stereocenters. The molecule has 0 radical (unpaired) electrons. The average molecular weight is 313 g/mol. The normalized spacial score (nSPS) is 14.3. The Morgan fingerprint density at radius 3 is 2.70 bits per heavy atom. The van der Waals surface area contributed by atoms with Gasteiger partial charge in [-0.3, -0.25) is 14.4 Å². The van der Waals surface area contributed by atoms with E-state index in [9.17, 15) is 4.79 Å². The lowest BCUT2D eigenvalue weighted by atomic mass is 10.2. The van der Waals surface area contributed by atoms with Gasteiger partial charge in [0.25, 0.3) is 0 Å². The average Bonchev–Trinajstić information content (AvgIpc) is 3.27. The molecule has 1 N–H and O–H groups in total. The van der Waals surface area contributed by atoms with Crippen molar-refractivity contribution in [2.45, 2.75) is 32.2 Å². The molecule has 1 amide bonds. The van der Waals surface area contributed by atoms with Gasteiger partial charge in [-0.2, -0.15) is 5.10 Å². The Hall–Kier alpha value is -2.21. The van der Waals surface area contributed by atoms with E-state index in [2.05, 4.69) is 15.4 Å². The van der Waals surface area contributed by atoms with Crippen molar-refractivity contribution in [1.82, 2.24) is 19.7 Å². The lowest BCUT2D eigenvalue weighted by molar-refractivity contribution is -0.117. The molecule has 1 saturated carbocycles. The number of anilines is 1. The maximum Gasteiger partial charge on any atom is 0.238 e. The van der Waals surface area contributed by atoms with Gasteiger partial charge in [0.15, 0.2) is 5.82 Å². The summed E-state index contributed by atoms with van der Waals surface area (Å²) in [6.07, 6.45) is 2.39. The van der Waals surface area contributed by atoms with Crippen LogP contribution in [0.1, 0.15) is 36.0 Å². The molecule has 0 spiro atoms. The monoisotopic (exact) mass is 313 g/mol. The SMILES string of the molecule is Cc1ccc(NC(=O)CN(C)Cc2nc(C3CC3)nn2C)cc1. The number of nitrogens with zero attached hydrogens (tertiary/aromatic N) is 4. The third kappa shape index (κ3) is 4.16. The van der Waals surface area contributed by atoms with Gasteiger partial charge >= 0.3 is 0 Å². The van der Waals surface area contributed by atoms with Crippen molar-refractivity contribution in [1.29, 1.82) is 0 Å². The number of hydrogen-bond donors (Lipinski definition) is 1. The highest BCUT2D eigenvalue weighted by Crippen LogP contribution is 2.38. The number of carbonyl (C=O) groups excluding carboxylic acids is 1. The van der Waals surface area contributed by atoms with Gasteiger partial charge in [0.2, 0.25) is 5.91 Å². The Morgan fingerprint density at radius 1 is 1.35 bits per heavy atom. The number of hydrogen-bond acceptors (Lipinski definition) is 4. The van der Waals surface area contributed by atoms with Gasteiger partial charge in [0.1, 0.15) is 5.82 Å². The molecule has 0 saturated heterocycles. The van der Waals surface area contributed by atoms with Gasteiger partial charge in [-0.15, -0.1) is 0 Å². The summed E-state index contributed by atoms with van der Waals surface area (Å²) in [5.74, 6) is 2.36. The molecule has 3 rings (SSSR count). The number of carbonyl (C=O) groups is 1. The van der Waals surface area contributed by atoms with Crippen LogP contribution in [-0.4, -0.2) is 39.2 Å². The van der Waals surface area contributed by atoms with Crippen molar-refractivity contribution in [2.75, 3.05) is 18.9 Å². The second-order valence-corrected chi connectivity index (χ2v) is 6.37. The van der Waals surface area contributed by atoms with E-state index in [4.69, 9.17) is 0 Å². The minimum absolute atomic E-state index is 0.0269. The fourth-order valence-electron chi connectivity index (χ4n) is 2.47.